The van der Waals surface area contributed by atoms with Crippen molar-refractivity contribution in [3.05, 3.63) is 36.7 Å². The number of nitrogens with zero attached hydrogens (tertiary/aromatic N) is 4. The van der Waals surface area contributed by atoms with E-state index in [9.17, 15) is 13.6 Å². The van der Waals surface area contributed by atoms with Gasteiger partial charge in [0.15, 0.2) is 5.82 Å². The van der Waals surface area contributed by atoms with Crippen molar-refractivity contribution < 1.29 is 18.3 Å². The Morgan fingerprint density at radius 1 is 1.27 bits per heavy atom. The van der Waals surface area contributed by atoms with Crippen molar-refractivity contribution in [3.63, 3.8) is 0 Å². The van der Waals surface area contributed by atoms with Crippen molar-refractivity contribution in [2.75, 3.05) is 38.3 Å². The minimum absolute atomic E-state index is 0.141. The minimum atomic E-state index is -3.00. The van der Waals surface area contributed by atoms with E-state index in [4.69, 9.17) is 4.74 Å². The summed E-state index contributed by atoms with van der Waals surface area (Å²) in [6.07, 6.45) is 2.01. The number of benzene rings is 1. The third kappa shape index (κ3) is 5.55. The van der Waals surface area contributed by atoms with Gasteiger partial charge in [0, 0.05) is 32.1 Å². The molecule has 0 aliphatic heterocycles. The smallest absolute Gasteiger partial charge is 0.315 e. The molecule has 1 aromatic carbocycles. The molecule has 0 N–H and O–H groups in total. The molecule has 26 heavy (non-hydrogen) atoms. The molecule has 0 saturated carbocycles. The fourth-order valence-corrected chi connectivity index (χ4v) is 2.50. The first-order valence-corrected chi connectivity index (χ1v) is 9.01. The van der Waals surface area contributed by atoms with Gasteiger partial charge in [0.1, 0.15) is 5.75 Å². The van der Waals surface area contributed by atoms with Gasteiger partial charge in [-0.15, -0.1) is 11.8 Å². The molecule has 6 nitrogen and oxygen atoms in total. The monoisotopic (exact) mass is 382 g/mol. The summed E-state index contributed by atoms with van der Waals surface area (Å²) in [7, 11) is 3.08. The number of aromatic nitrogens is 2. The third-order valence-electron chi connectivity index (χ3n) is 3.59. The highest BCUT2D eigenvalue weighted by Gasteiger charge is 2.20. The quantitative estimate of drug-likeness (QED) is 0.654. The number of halogens is 2. The highest BCUT2D eigenvalue weighted by atomic mass is 32.2. The lowest BCUT2D eigenvalue weighted by atomic mass is 10.3. The lowest BCUT2D eigenvalue weighted by Crippen LogP contribution is -2.38. The van der Waals surface area contributed by atoms with Crippen molar-refractivity contribution in [3.8, 4) is 11.6 Å². The fraction of sp³-hybridized carbons (Fsp3) is 0.353. The fourth-order valence-electron chi connectivity index (χ4n) is 2.05. The van der Waals surface area contributed by atoms with E-state index in [1.165, 1.54) is 13.2 Å². The van der Waals surface area contributed by atoms with Gasteiger partial charge >= 0.3 is 6.43 Å². The molecule has 9 heteroatoms. The molecule has 0 radical (unpaired) electrons. The maximum atomic E-state index is 12.4. The molecule has 0 saturated heterocycles. The second-order valence-corrected chi connectivity index (χ2v) is 6.36. The molecule has 0 unspecified atom stereocenters. The maximum Gasteiger partial charge on any atom is 0.315 e. The van der Waals surface area contributed by atoms with Crippen LogP contribution in [0.25, 0.3) is 0 Å². The van der Waals surface area contributed by atoms with Gasteiger partial charge in [0.2, 0.25) is 5.88 Å². The number of hydrogen-bond acceptors (Lipinski definition) is 6. The predicted molar refractivity (Wildman–Crippen MR) is 97.2 cm³/mol. The van der Waals surface area contributed by atoms with Crippen LogP contribution in [0.1, 0.15) is 0 Å². The van der Waals surface area contributed by atoms with Gasteiger partial charge in [-0.3, -0.25) is 9.78 Å². The second-order valence-electron chi connectivity index (χ2n) is 5.48. The van der Waals surface area contributed by atoms with Crippen LogP contribution in [0.2, 0.25) is 0 Å². The van der Waals surface area contributed by atoms with Crippen LogP contribution in [-0.4, -0.2) is 60.6 Å². The number of anilines is 1. The highest BCUT2D eigenvalue weighted by molar-refractivity contribution is 7.98. The Kier molecular flexibility index (Phi) is 7.14. The number of likely N-dealkylation sites (N-methyl/N-ethyl adjacent to an activating group) is 2. The zero-order valence-corrected chi connectivity index (χ0v) is 15.5. The molecule has 0 aliphatic rings. The summed E-state index contributed by atoms with van der Waals surface area (Å²) in [5.41, 5.74) is 0. The van der Waals surface area contributed by atoms with Crippen molar-refractivity contribution in [2.45, 2.75) is 11.3 Å². The number of amides is 1. The minimum Gasteiger partial charge on any atom is -0.437 e. The molecule has 1 aromatic heterocycles. The Bertz CT molecular complexity index is 748. The van der Waals surface area contributed by atoms with E-state index in [1.54, 1.807) is 29.9 Å². The van der Waals surface area contributed by atoms with Gasteiger partial charge in [0.25, 0.3) is 5.91 Å². The maximum absolute atomic E-state index is 12.4. The highest BCUT2D eigenvalue weighted by Crippen LogP contribution is 2.25. The van der Waals surface area contributed by atoms with Crippen molar-refractivity contribution in [1.29, 1.82) is 0 Å². The van der Waals surface area contributed by atoms with Crippen molar-refractivity contribution >= 4 is 23.5 Å². The SMILES string of the molecule is CSc1cccc(Oc2cncc(N(C)CCN(C)C(=O)C(F)F)n2)c1. The molecule has 0 bridgehead atoms. The number of carbonyl (C=O) groups is 1. The van der Waals surface area contributed by atoms with Crippen LogP contribution in [0.15, 0.2) is 41.6 Å². The number of rotatable bonds is 8. The number of thioether (sulfide) groups is 1. The van der Waals surface area contributed by atoms with E-state index in [-0.39, 0.29) is 6.54 Å². The molecule has 0 aliphatic carbocycles. The molecule has 140 valence electrons. The summed E-state index contributed by atoms with van der Waals surface area (Å²) >= 11 is 1.61. The van der Waals surface area contributed by atoms with Crippen LogP contribution < -0.4 is 9.64 Å². The van der Waals surface area contributed by atoms with E-state index in [0.29, 0.717) is 24.0 Å². The zero-order chi connectivity index (χ0) is 19.1. The van der Waals surface area contributed by atoms with Crippen molar-refractivity contribution in [1.82, 2.24) is 14.9 Å². The summed E-state index contributed by atoms with van der Waals surface area (Å²) in [4.78, 5) is 23.4. The van der Waals surface area contributed by atoms with E-state index < -0.39 is 12.3 Å². The normalized spacial score (nSPS) is 10.7. The molecular formula is C17H20F2N4O2S. The van der Waals surface area contributed by atoms with Gasteiger partial charge in [-0.25, -0.2) is 0 Å². The van der Waals surface area contributed by atoms with E-state index in [1.807, 2.05) is 30.5 Å². The second kappa shape index (κ2) is 9.33. The first-order valence-electron chi connectivity index (χ1n) is 7.79. The Hall–Kier alpha value is -2.42. The van der Waals surface area contributed by atoms with Crippen LogP contribution >= 0.6 is 11.8 Å². The van der Waals surface area contributed by atoms with Gasteiger partial charge in [-0.05, 0) is 24.5 Å². The molecule has 0 spiro atoms. The summed E-state index contributed by atoms with van der Waals surface area (Å²) in [6.45, 7) is 0.470. The van der Waals surface area contributed by atoms with Crippen LogP contribution in [-0.2, 0) is 4.79 Å². The van der Waals surface area contributed by atoms with Gasteiger partial charge in [0.05, 0.1) is 12.4 Å². The van der Waals surface area contributed by atoms with Crippen LogP contribution in [0.5, 0.6) is 11.6 Å². The molecule has 0 fully saturated rings. The topological polar surface area (TPSA) is 58.6 Å². The molecule has 0 atom stereocenters. The lowest BCUT2D eigenvalue weighted by molar-refractivity contribution is -0.141. The first-order chi connectivity index (χ1) is 12.4. The molecule has 1 amide bonds. The van der Waals surface area contributed by atoms with Gasteiger partial charge < -0.3 is 14.5 Å². The molecular weight excluding hydrogens is 362 g/mol. The van der Waals surface area contributed by atoms with Crippen LogP contribution in [0.4, 0.5) is 14.6 Å². The summed E-state index contributed by atoms with van der Waals surface area (Å²) < 4.78 is 30.5. The van der Waals surface area contributed by atoms with Gasteiger partial charge in [-0.1, -0.05) is 6.07 Å². The first kappa shape index (κ1) is 19.9. The number of alkyl halides is 2. The summed E-state index contributed by atoms with van der Waals surface area (Å²) in [5.74, 6) is 0.287. The standard InChI is InChI=1S/C17H20F2N4O2S/c1-22(7-8-23(2)17(24)16(18)19)14-10-20-11-15(21-14)25-12-5-4-6-13(9-12)26-3/h4-6,9-11,16H,7-8H2,1-3H3. The third-order valence-corrected chi connectivity index (χ3v) is 4.31. The lowest BCUT2D eigenvalue weighted by Gasteiger charge is -2.22. The summed E-state index contributed by atoms with van der Waals surface area (Å²) in [6, 6.07) is 7.58. The van der Waals surface area contributed by atoms with E-state index in [2.05, 4.69) is 9.97 Å². The van der Waals surface area contributed by atoms with E-state index in [0.717, 1.165) is 9.80 Å². The van der Waals surface area contributed by atoms with Crippen molar-refractivity contribution in [2.24, 2.45) is 0 Å². The van der Waals surface area contributed by atoms with Crippen LogP contribution in [0, 0.1) is 0 Å². The number of hydrogen-bond donors (Lipinski definition) is 0. The number of carbonyl (C=O) groups excluding carboxylic acids is 1. The number of ether oxygens (including phenoxy) is 1. The molecule has 1 heterocycles. The zero-order valence-electron chi connectivity index (χ0n) is 14.7. The summed E-state index contributed by atoms with van der Waals surface area (Å²) in [5, 5.41) is 0. The largest absolute Gasteiger partial charge is 0.437 e. The average molecular weight is 382 g/mol. The Morgan fingerprint density at radius 3 is 2.73 bits per heavy atom. The Labute approximate surface area is 155 Å². The van der Waals surface area contributed by atoms with E-state index >= 15 is 0 Å². The Morgan fingerprint density at radius 2 is 2.04 bits per heavy atom. The Balaban J connectivity index is 2.00. The predicted octanol–water partition coefficient (Wildman–Crippen LogP) is 3.15. The average Bonchev–Trinajstić information content (AvgIpc) is 2.65. The van der Waals surface area contributed by atoms with Crippen LogP contribution in [0.3, 0.4) is 0 Å². The molecule has 2 rings (SSSR count). The molecule has 2 aromatic rings. The van der Waals surface area contributed by atoms with Gasteiger partial charge in [-0.2, -0.15) is 13.8 Å².